The lowest BCUT2D eigenvalue weighted by Crippen LogP contribution is -2.47. The molecule has 8 heteroatoms. The van der Waals surface area contributed by atoms with Crippen LogP contribution in [-0.4, -0.2) is 32.6 Å². The summed E-state index contributed by atoms with van der Waals surface area (Å²) in [5.74, 6) is 5.41. The van der Waals surface area contributed by atoms with Crippen LogP contribution in [0.15, 0.2) is 4.79 Å². The lowest BCUT2D eigenvalue weighted by molar-refractivity contribution is 0.228. The second-order valence-electron chi connectivity index (χ2n) is 4.46. The number of carbonyl (C=O) groups is 1. The highest BCUT2D eigenvalue weighted by Crippen LogP contribution is 2.01. The van der Waals surface area contributed by atoms with Crippen molar-refractivity contribution in [3.63, 3.8) is 0 Å². The van der Waals surface area contributed by atoms with Crippen LogP contribution in [0.1, 0.15) is 27.7 Å². The first-order valence-corrected chi connectivity index (χ1v) is 5.18. The van der Waals surface area contributed by atoms with Gasteiger partial charge < -0.3 is 15.9 Å². The molecule has 0 atom stereocenters. The molecular formula is C9H17N5O3. The van der Waals surface area contributed by atoms with Gasteiger partial charge in [0.25, 0.3) is 0 Å². The Morgan fingerprint density at radius 1 is 1.53 bits per heavy atom. The first-order chi connectivity index (χ1) is 7.76. The maximum Gasteiger partial charge on any atom is 0.376 e. The predicted octanol–water partition coefficient (Wildman–Crippen LogP) is -0.486. The van der Waals surface area contributed by atoms with E-state index in [0.29, 0.717) is 16.0 Å². The fourth-order valence-electron chi connectivity index (χ4n) is 1.09. The summed E-state index contributed by atoms with van der Waals surface area (Å²) in [6, 6.07) is -0.741. The van der Waals surface area contributed by atoms with Crippen molar-refractivity contribution in [3.05, 3.63) is 10.5 Å². The van der Waals surface area contributed by atoms with Gasteiger partial charge in [0, 0.05) is 5.54 Å². The fraction of sp³-hybridized carbons (Fsp3) is 0.667. The third kappa shape index (κ3) is 2.99. The van der Waals surface area contributed by atoms with Crippen LogP contribution in [0.2, 0.25) is 0 Å². The van der Waals surface area contributed by atoms with Gasteiger partial charge in [-0.2, -0.15) is 4.68 Å². The molecule has 1 rings (SSSR count). The molecule has 0 saturated heterocycles. The van der Waals surface area contributed by atoms with Gasteiger partial charge in [-0.1, -0.05) is 0 Å². The molecule has 96 valence electrons. The van der Waals surface area contributed by atoms with Gasteiger partial charge in [0.05, 0.1) is 6.61 Å². The minimum Gasteiger partial charge on any atom is -0.463 e. The van der Waals surface area contributed by atoms with Crippen molar-refractivity contribution in [1.29, 1.82) is 0 Å². The average molecular weight is 243 g/mol. The number of aromatic nitrogens is 3. The molecule has 0 aliphatic rings. The summed E-state index contributed by atoms with van der Waals surface area (Å²) in [6.07, 6.45) is 0. The molecular weight excluding hydrogens is 226 g/mol. The highest BCUT2D eigenvalue weighted by Gasteiger charge is 2.21. The number of hydrogen-bond acceptors (Lipinski definition) is 5. The lowest BCUT2D eigenvalue weighted by Gasteiger charge is -2.19. The molecule has 0 aliphatic heterocycles. The number of amides is 1. The van der Waals surface area contributed by atoms with E-state index >= 15 is 0 Å². The largest absolute Gasteiger partial charge is 0.463 e. The number of nitrogens with two attached hydrogens (primary N) is 1. The Balaban J connectivity index is 3.03. The number of nitrogen functional groups attached to an aromatic ring is 1. The molecule has 8 nitrogen and oxygen atoms in total. The van der Waals surface area contributed by atoms with E-state index in [4.69, 9.17) is 10.6 Å². The monoisotopic (exact) mass is 243 g/mol. The van der Waals surface area contributed by atoms with Crippen molar-refractivity contribution in [2.75, 3.05) is 12.4 Å². The molecule has 1 amide bonds. The highest BCUT2D eigenvalue weighted by atomic mass is 16.5. The van der Waals surface area contributed by atoms with E-state index in [2.05, 4.69) is 10.4 Å². The van der Waals surface area contributed by atoms with Crippen molar-refractivity contribution < 1.29 is 9.53 Å². The van der Waals surface area contributed by atoms with Crippen LogP contribution in [0.5, 0.6) is 6.01 Å². The van der Waals surface area contributed by atoms with Crippen molar-refractivity contribution in [1.82, 2.24) is 19.8 Å². The molecule has 0 bridgehead atoms. The van der Waals surface area contributed by atoms with E-state index in [9.17, 15) is 9.59 Å². The first kappa shape index (κ1) is 13.1. The number of rotatable bonds is 2. The number of nitrogens with one attached hydrogen (secondary N) is 1. The molecule has 1 heterocycles. The molecule has 17 heavy (non-hydrogen) atoms. The first-order valence-electron chi connectivity index (χ1n) is 5.18. The van der Waals surface area contributed by atoms with Crippen molar-refractivity contribution in [2.24, 2.45) is 0 Å². The van der Waals surface area contributed by atoms with E-state index in [1.54, 1.807) is 27.7 Å². The Bertz CT molecular complexity index is 468. The standard InChI is InChI=1S/C9H17N5O3/c1-5-17-7-12-14(8(16)13(7)10)6(15)11-9(2,3)4/h5,10H2,1-4H3,(H,11,15). The van der Waals surface area contributed by atoms with Crippen molar-refractivity contribution >= 4 is 6.03 Å². The van der Waals surface area contributed by atoms with E-state index < -0.39 is 17.3 Å². The van der Waals surface area contributed by atoms with Crippen LogP contribution in [0, 0.1) is 0 Å². The summed E-state index contributed by atoms with van der Waals surface area (Å²) in [6.45, 7) is 7.39. The van der Waals surface area contributed by atoms with Crippen LogP contribution in [0.4, 0.5) is 4.79 Å². The van der Waals surface area contributed by atoms with E-state index in [0.717, 1.165) is 0 Å². The van der Waals surface area contributed by atoms with Gasteiger partial charge in [-0.05, 0) is 27.7 Å². The number of nitrogens with zero attached hydrogens (tertiary/aromatic N) is 3. The summed E-state index contributed by atoms with van der Waals surface area (Å²) < 4.78 is 6.33. The van der Waals surface area contributed by atoms with Gasteiger partial charge in [0.2, 0.25) is 0 Å². The molecule has 0 fully saturated rings. The SMILES string of the molecule is CCOc1nn(C(=O)NC(C)(C)C)c(=O)n1N. The molecule has 1 aromatic rings. The smallest absolute Gasteiger partial charge is 0.376 e. The van der Waals surface area contributed by atoms with Gasteiger partial charge >= 0.3 is 17.7 Å². The fourth-order valence-corrected chi connectivity index (χ4v) is 1.09. The normalized spacial score (nSPS) is 11.3. The lowest BCUT2D eigenvalue weighted by atomic mass is 10.1. The van der Waals surface area contributed by atoms with Crippen molar-refractivity contribution in [2.45, 2.75) is 33.2 Å². The molecule has 0 unspecified atom stereocenters. The summed E-state index contributed by atoms with van der Waals surface area (Å²) in [7, 11) is 0. The minimum atomic E-state index is -0.754. The topological polar surface area (TPSA) is 104 Å². The summed E-state index contributed by atoms with van der Waals surface area (Å²) in [5.41, 5.74) is -1.23. The van der Waals surface area contributed by atoms with Gasteiger partial charge in [0.1, 0.15) is 0 Å². The Labute approximate surface area is 98.3 Å². The van der Waals surface area contributed by atoms with Gasteiger partial charge in [-0.3, -0.25) is 0 Å². The maximum atomic E-state index is 11.7. The second-order valence-corrected chi connectivity index (χ2v) is 4.46. The molecule has 1 aromatic heterocycles. The Hall–Kier alpha value is -1.99. The number of ether oxygens (including phenoxy) is 1. The van der Waals surface area contributed by atoms with E-state index in [1.165, 1.54) is 0 Å². The van der Waals surface area contributed by atoms with Gasteiger partial charge in [-0.15, -0.1) is 9.78 Å². The molecule has 0 aromatic carbocycles. The van der Waals surface area contributed by atoms with Crippen LogP contribution in [0.25, 0.3) is 0 Å². The Morgan fingerprint density at radius 2 is 2.12 bits per heavy atom. The zero-order chi connectivity index (χ0) is 13.2. The van der Waals surface area contributed by atoms with Gasteiger partial charge in [-0.25, -0.2) is 9.59 Å². The predicted molar refractivity (Wildman–Crippen MR) is 61.5 cm³/mol. The van der Waals surface area contributed by atoms with E-state index in [1.807, 2.05) is 0 Å². The minimum absolute atomic E-state index is 0.0958. The zero-order valence-corrected chi connectivity index (χ0v) is 10.4. The van der Waals surface area contributed by atoms with Crippen molar-refractivity contribution in [3.8, 4) is 6.01 Å². The Kier molecular flexibility index (Phi) is 3.45. The van der Waals surface area contributed by atoms with Gasteiger partial charge in [0.15, 0.2) is 0 Å². The summed E-state index contributed by atoms with van der Waals surface area (Å²) in [5, 5.41) is 6.29. The van der Waals surface area contributed by atoms with Crippen LogP contribution in [0.3, 0.4) is 0 Å². The van der Waals surface area contributed by atoms with E-state index in [-0.39, 0.29) is 6.01 Å². The quantitative estimate of drug-likeness (QED) is 0.682. The highest BCUT2D eigenvalue weighted by molar-refractivity contribution is 5.76. The van der Waals surface area contributed by atoms with Crippen LogP contribution < -0.4 is 21.6 Å². The molecule has 0 saturated carbocycles. The molecule has 0 aliphatic carbocycles. The molecule has 3 N–H and O–H groups in total. The third-order valence-corrected chi connectivity index (χ3v) is 1.73. The summed E-state index contributed by atoms with van der Waals surface area (Å²) >= 11 is 0. The zero-order valence-electron chi connectivity index (χ0n) is 10.4. The van der Waals surface area contributed by atoms with Crippen LogP contribution >= 0.6 is 0 Å². The average Bonchev–Trinajstić information content (AvgIpc) is 2.44. The Morgan fingerprint density at radius 3 is 2.59 bits per heavy atom. The van der Waals surface area contributed by atoms with Crippen LogP contribution in [-0.2, 0) is 0 Å². The maximum absolute atomic E-state index is 11.7. The number of hydrogen-bond donors (Lipinski definition) is 2. The number of carbonyl (C=O) groups excluding carboxylic acids is 1. The second kappa shape index (κ2) is 4.48. The molecule has 0 radical (unpaired) electrons. The molecule has 0 spiro atoms. The summed E-state index contributed by atoms with van der Waals surface area (Å²) in [4.78, 5) is 23.3. The third-order valence-electron chi connectivity index (χ3n) is 1.73.